The van der Waals surface area contributed by atoms with E-state index in [4.69, 9.17) is 16.6 Å². The minimum absolute atomic E-state index is 0. The molecule has 4 aromatic rings. The van der Waals surface area contributed by atoms with Gasteiger partial charge in [-0.2, -0.15) is 0 Å². The highest BCUT2D eigenvalue weighted by atomic mass is 79.9. The van der Waals surface area contributed by atoms with Gasteiger partial charge >= 0.3 is 0 Å². The summed E-state index contributed by atoms with van der Waals surface area (Å²) in [5.41, 5.74) is 4.01. The van der Waals surface area contributed by atoms with Crippen molar-refractivity contribution in [3.8, 4) is 11.3 Å². The number of aryl methyl sites for hydroxylation is 2. The molecule has 0 aliphatic carbocycles. The average molecular weight is 592 g/mol. The Labute approximate surface area is 223 Å². The van der Waals surface area contributed by atoms with E-state index in [0.29, 0.717) is 28.6 Å². The first-order chi connectivity index (χ1) is 16.2. The van der Waals surface area contributed by atoms with Crippen LogP contribution in [0.15, 0.2) is 82.5 Å². The fraction of sp³-hybridized carbons (Fsp3) is 0.125. The van der Waals surface area contributed by atoms with Gasteiger partial charge in [0.05, 0.1) is 16.3 Å². The van der Waals surface area contributed by atoms with E-state index < -0.39 is 10.0 Å². The van der Waals surface area contributed by atoms with Crippen molar-refractivity contribution < 1.29 is 25.4 Å². The number of thiazole rings is 1. The van der Waals surface area contributed by atoms with Crippen molar-refractivity contribution in [3.05, 3.63) is 93.8 Å². The highest BCUT2D eigenvalue weighted by Crippen LogP contribution is 2.23. The van der Waals surface area contributed by atoms with Crippen molar-refractivity contribution in [2.24, 2.45) is 4.99 Å². The van der Waals surface area contributed by atoms with Gasteiger partial charge in [0.2, 0.25) is 5.95 Å². The highest BCUT2D eigenvalue weighted by molar-refractivity contribution is 7.92. The van der Waals surface area contributed by atoms with Gasteiger partial charge < -0.3 is 21.5 Å². The number of nitrogens with zero attached hydrogens (tertiary/aromatic N) is 4. The number of aromatic nitrogens is 3. The molecule has 0 saturated carbocycles. The average Bonchev–Trinajstić information content (AvgIpc) is 3.16. The minimum Gasteiger partial charge on any atom is -1.00 e. The zero-order valence-corrected chi connectivity index (χ0v) is 22.9. The maximum Gasteiger partial charge on any atom is 0.264 e. The fourth-order valence-electron chi connectivity index (χ4n) is 3.34. The standard InChI is InChI=1S/C24H22ClN5O2S2.BrH/c1-4-13-30-22(18-5-7-19(25)8-6-18)15-33-24(30)28-20-9-11-21(12-10-20)34(31,32)29-23-26-16(2)14-17(3)27-23;/h4-12,14-15H,1,13H2,2-3H3,(H,26,27,29);1H/p-1. The van der Waals surface area contributed by atoms with Gasteiger partial charge in [-0.3, -0.25) is 0 Å². The molecule has 0 aliphatic rings. The summed E-state index contributed by atoms with van der Waals surface area (Å²) in [4.78, 5) is 13.9. The summed E-state index contributed by atoms with van der Waals surface area (Å²) in [6, 6.07) is 15.7. The number of anilines is 1. The molecule has 7 nitrogen and oxygen atoms in total. The van der Waals surface area contributed by atoms with Crippen LogP contribution in [0.25, 0.3) is 11.3 Å². The van der Waals surface area contributed by atoms with Gasteiger partial charge in [0, 0.05) is 28.3 Å². The molecule has 2 heterocycles. The van der Waals surface area contributed by atoms with Crippen LogP contribution < -0.4 is 26.5 Å². The molecule has 35 heavy (non-hydrogen) atoms. The molecule has 0 spiro atoms. The van der Waals surface area contributed by atoms with Crippen molar-refractivity contribution in [1.82, 2.24) is 14.5 Å². The van der Waals surface area contributed by atoms with Gasteiger partial charge in [-0.25, -0.2) is 28.1 Å². The molecule has 0 amide bonds. The normalized spacial score (nSPS) is 11.7. The molecule has 0 bridgehead atoms. The molecule has 0 fully saturated rings. The van der Waals surface area contributed by atoms with Crippen molar-refractivity contribution >= 4 is 44.6 Å². The Morgan fingerprint density at radius 1 is 1.09 bits per heavy atom. The molecule has 2 aromatic heterocycles. The van der Waals surface area contributed by atoms with Gasteiger partial charge in [0.15, 0.2) is 4.80 Å². The van der Waals surface area contributed by atoms with Gasteiger partial charge in [-0.05, 0) is 61.9 Å². The van der Waals surface area contributed by atoms with Gasteiger partial charge in [0.1, 0.15) is 0 Å². The summed E-state index contributed by atoms with van der Waals surface area (Å²) in [5.74, 6) is 0.0463. The Morgan fingerprint density at radius 3 is 2.31 bits per heavy atom. The molecule has 2 aromatic carbocycles. The molecule has 11 heteroatoms. The van der Waals surface area contributed by atoms with Crippen LogP contribution in [0.4, 0.5) is 11.6 Å². The summed E-state index contributed by atoms with van der Waals surface area (Å²) in [5, 5.41) is 2.70. The quantitative estimate of drug-likeness (QED) is 0.335. The molecule has 0 radical (unpaired) electrons. The van der Waals surface area contributed by atoms with Crippen LogP contribution in [0.1, 0.15) is 11.4 Å². The summed E-state index contributed by atoms with van der Waals surface area (Å²) in [7, 11) is -3.83. The lowest BCUT2D eigenvalue weighted by atomic mass is 10.2. The van der Waals surface area contributed by atoms with E-state index in [9.17, 15) is 8.42 Å². The first kappa shape index (κ1) is 26.8. The fourth-order valence-corrected chi connectivity index (χ4v) is 5.35. The monoisotopic (exact) mass is 590 g/mol. The number of halogens is 2. The van der Waals surface area contributed by atoms with Crippen LogP contribution in [0, 0.1) is 13.8 Å². The zero-order valence-electron chi connectivity index (χ0n) is 18.9. The second-order valence-corrected chi connectivity index (χ2v) is 10.5. The van der Waals surface area contributed by atoms with Crippen LogP contribution in [0.3, 0.4) is 0 Å². The molecule has 0 saturated heterocycles. The van der Waals surface area contributed by atoms with E-state index in [1.54, 1.807) is 32.0 Å². The van der Waals surface area contributed by atoms with Gasteiger partial charge in [0.25, 0.3) is 10.0 Å². The number of hydrogen-bond acceptors (Lipinski definition) is 6. The van der Waals surface area contributed by atoms with E-state index in [1.807, 2.05) is 40.3 Å². The maximum atomic E-state index is 12.8. The Bertz CT molecular complexity index is 1490. The molecular weight excluding hydrogens is 570 g/mol. The van der Waals surface area contributed by atoms with Gasteiger partial charge in [-0.1, -0.05) is 29.8 Å². The second-order valence-electron chi connectivity index (χ2n) is 7.50. The SMILES string of the molecule is C=CCn1c(-c2ccc(Cl)cc2)csc1=Nc1ccc(S(=O)(=O)Nc2nc(C)cc(C)n2)cc1.[Br-]. The van der Waals surface area contributed by atoms with E-state index in [1.165, 1.54) is 23.5 Å². The Morgan fingerprint density at radius 2 is 1.71 bits per heavy atom. The number of nitrogens with one attached hydrogen (secondary N) is 1. The molecule has 182 valence electrons. The number of rotatable bonds is 7. The smallest absolute Gasteiger partial charge is 0.264 e. The lowest BCUT2D eigenvalue weighted by Crippen LogP contribution is -3.00. The third kappa shape index (κ3) is 6.46. The number of hydrogen-bond donors (Lipinski definition) is 1. The third-order valence-electron chi connectivity index (χ3n) is 4.83. The van der Waals surface area contributed by atoms with Crippen molar-refractivity contribution in [3.63, 3.8) is 0 Å². The molecule has 0 unspecified atom stereocenters. The first-order valence-corrected chi connectivity index (χ1v) is 13.0. The largest absolute Gasteiger partial charge is 1.00 e. The Balaban J connectivity index is 0.00000342. The number of benzene rings is 2. The van der Waals surface area contributed by atoms with E-state index >= 15 is 0 Å². The summed E-state index contributed by atoms with van der Waals surface area (Å²) < 4.78 is 30.0. The number of sulfonamides is 1. The third-order valence-corrected chi connectivity index (χ3v) is 7.29. The maximum absolute atomic E-state index is 12.8. The van der Waals surface area contributed by atoms with Crippen LogP contribution in [0.5, 0.6) is 0 Å². The zero-order chi connectivity index (χ0) is 24.3. The van der Waals surface area contributed by atoms with Gasteiger partial charge in [-0.15, -0.1) is 17.9 Å². The summed E-state index contributed by atoms with van der Waals surface area (Å²) >= 11 is 7.52. The number of allylic oxidation sites excluding steroid dienone is 1. The minimum atomic E-state index is -3.83. The predicted molar refractivity (Wildman–Crippen MR) is 137 cm³/mol. The molecular formula is C24H22BrClN5O2S2-. The Kier molecular flexibility index (Phi) is 8.65. The Hall–Kier alpha value is -2.79. The van der Waals surface area contributed by atoms with Crippen LogP contribution >= 0.6 is 22.9 Å². The summed E-state index contributed by atoms with van der Waals surface area (Å²) in [6.07, 6.45) is 1.81. The van der Waals surface area contributed by atoms with Crippen molar-refractivity contribution in [2.75, 3.05) is 4.72 Å². The molecule has 1 N–H and O–H groups in total. The predicted octanol–water partition coefficient (Wildman–Crippen LogP) is 2.50. The van der Waals surface area contributed by atoms with Crippen molar-refractivity contribution in [2.45, 2.75) is 25.3 Å². The lowest BCUT2D eigenvalue weighted by molar-refractivity contribution is -0.00000953. The lowest BCUT2D eigenvalue weighted by Gasteiger charge is -2.08. The van der Waals surface area contributed by atoms with Crippen LogP contribution in [0.2, 0.25) is 5.02 Å². The molecule has 0 aliphatic heterocycles. The highest BCUT2D eigenvalue weighted by Gasteiger charge is 2.16. The summed E-state index contributed by atoms with van der Waals surface area (Å²) in [6.45, 7) is 7.99. The van der Waals surface area contributed by atoms with Crippen LogP contribution in [-0.4, -0.2) is 23.0 Å². The topological polar surface area (TPSA) is 89.2 Å². The molecule has 0 atom stereocenters. The van der Waals surface area contributed by atoms with E-state index in [-0.39, 0.29) is 27.8 Å². The van der Waals surface area contributed by atoms with E-state index in [0.717, 1.165) is 16.1 Å². The van der Waals surface area contributed by atoms with Crippen LogP contribution in [-0.2, 0) is 16.6 Å². The first-order valence-electron chi connectivity index (χ1n) is 10.3. The van der Waals surface area contributed by atoms with E-state index in [2.05, 4.69) is 21.3 Å². The van der Waals surface area contributed by atoms with Crippen molar-refractivity contribution in [1.29, 1.82) is 0 Å². The second kappa shape index (κ2) is 11.3. The molecule has 4 rings (SSSR count).